The molecule has 0 saturated heterocycles. The Morgan fingerprint density at radius 2 is 2.11 bits per heavy atom. The van der Waals surface area contributed by atoms with Crippen molar-refractivity contribution in [2.45, 2.75) is 37.5 Å². The second-order valence-electron chi connectivity index (χ2n) is 4.63. The number of nitrogens with two attached hydrogens (primary N) is 1. The van der Waals surface area contributed by atoms with E-state index in [9.17, 15) is 0 Å². The highest BCUT2D eigenvalue weighted by molar-refractivity contribution is 7.98. The number of nitrogens with zero attached hydrogens (tertiary/aromatic N) is 1. The Hall–Kier alpha value is -0.690. The van der Waals surface area contributed by atoms with Gasteiger partial charge in [0.15, 0.2) is 0 Å². The number of hydrogen-bond donors (Lipinski definition) is 1. The van der Waals surface area contributed by atoms with Gasteiger partial charge in [0.2, 0.25) is 0 Å². The summed E-state index contributed by atoms with van der Waals surface area (Å²) in [6.45, 7) is 1.78. The van der Waals surface area contributed by atoms with E-state index in [0.29, 0.717) is 0 Å². The largest absolute Gasteiger partial charge is 0.314 e. The molecule has 0 heterocycles. The van der Waals surface area contributed by atoms with Crippen LogP contribution in [0.2, 0.25) is 5.02 Å². The summed E-state index contributed by atoms with van der Waals surface area (Å²) in [6, 6.07) is 10.1. The van der Waals surface area contributed by atoms with E-state index in [0.717, 1.165) is 35.8 Å². The van der Waals surface area contributed by atoms with Crippen LogP contribution in [-0.2, 0) is 5.75 Å². The first-order valence-electron chi connectivity index (χ1n) is 6.06. The molecule has 0 aliphatic rings. The van der Waals surface area contributed by atoms with Crippen molar-refractivity contribution in [3.63, 3.8) is 0 Å². The monoisotopic (exact) mass is 282 g/mol. The Labute approximate surface area is 119 Å². The Morgan fingerprint density at radius 1 is 1.39 bits per heavy atom. The van der Waals surface area contributed by atoms with Crippen molar-refractivity contribution in [2.24, 2.45) is 5.73 Å². The van der Waals surface area contributed by atoms with Gasteiger partial charge >= 0.3 is 0 Å². The second-order valence-corrected chi connectivity index (χ2v) is 6.14. The molecule has 1 aromatic rings. The topological polar surface area (TPSA) is 49.8 Å². The summed E-state index contributed by atoms with van der Waals surface area (Å²) in [7, 11) is 0. The number of unbranched alkanes of at least 4 members (excludes halogenated alkanes) is 1. The minimum atomic E-state index is -0.673. The highest BCUT2D eigenvalue weighted by Crippen LogP contribution is 2.21. The number of nitriles is 1. The van der Waals surface area contributed by atoms with Crippen molar-refractivity contribution >= 4 is 23.4 Å². The molecule has 0 spiro atoms. The summed E-state index contributed by atoms with van der Waals surface area (Å²) in [5.74, 6) is 2.02. The molecular formula is C14H19ClN2S. The molecule has 0 radical (unpaired) electrons. The van der Waals surface area contributed by atoms with Gasteiger partial charge in [-0.2, -0.15) is 17.0 Å². The van der Waals surface area contributed by atoms with Gasteiger partial charge in [-0.05, 0) is 43.6 Å². The van der Waals surface area contributed by atoms with Crippen LogP contribution in [0.4, 0.5) is 0 Å². The Morgan fingerprint density at radius 3 is 2.78 bits per heavy atom. The molecule has 1 unspecified atom stereocenters. The van der Waals surface area contributed by atoms with Gasteiger partial charge in [-0.1, -0.05) is 29.8 Å². The van der Waals surface area contributed by atoms with Crippen LogP contribution in [0.1, 0.15) is 31.7 Å². The molecule has 2 nitrogen and oxygen atoms in total. The van der Waals surface area contributed by atoms with Gasteiger partial charge in [0.25, 0.3) is 0 Å². The molecule has 98 valence electrons. The quantitative estimate of drug-likeness (QED) is 0.770. The molecule has 0 aliphatic carbocycles. The highest BCUT2D eigenvalue weighted by Gasteiger charge is 2.15. The van der Waals surface area contributed by atoms with Crippen molar-refractivity contribution in [1.82, 2.24) is 0 Å². The van der Waals surface area contributed by atoms with Crippen molar-refractivity contribution in [1.29, 1.82) is 5.26 Å². The van der Waals surface area contributed by atoms with Crippen molar-refractivity contribution in [3.8, 4) is 6.07 Å². The van der Waals surface area contributed by atoms with Gasteiger partial charge in [0, 0.05) is 10.8 Å². The lowest BCUT2D eigenvalue weighted by Crippen LogP contribution is -2.33. The van der Waals surface area contributed by atoms with E-state index in [1.165, 1.54) is 5.56 Å². The van der Waals surface area contributed by atoms with E-state index >= 15 is 0 Å². The third-order valence-corrected chi connectivity index (χ3v) is 4.17. The molecule has 1 rings (SSSR count). The summed E-state index contributed by atoms with van der Waals surface area (Å²) in [4.78, 5) is 0. The number of rotatable bonds is 7. The van der Waals surface area contributed by atoms with Gasteiger partial charge in [-0.15, -0.1) is 0 Å². The molecule has 1 aromatic carbocycles. The van der Waals surface area contributed by atoms with Gasteiger partial charge < -0.3 is 5.73 Å². The predicted octanol–water partition coefficient (Wildman–Crippen LogP) is 3.98. The van der Waals surface area contributed by atoms with Crippen LogP contribution < -0.4 is 5.73 Å². The highest BCUT2D eigenvalue weighted by atomic mass is 35.5. The standard InChI is InChI=1S/C14H19ClN2S/c1-14(17,11-16)8-4-5-9-18-10-12-6-2-3-7-13(12)15/h2-3,6-7H,4-5,8-10,17H2,1H3. The van der Waals surface area contributed by atoms with Crippen molar-refractivity contribution < 1.29 is 0 Å². The number of halogens is 1. The number of thioether (sulfide) groups is 1. The van der Waals surface area contributed by atoms with Crippen LogP contribution in [0.3, 0.4) is 0 Å². The van der Waals surface area contributed by atoms with Crippen molar-refractivity contribution in [2.75, 3.05) is 5.75 Å². The zero-order chi connectivity index (χ0) is 13.4. The summed E-state index contributed by atoms with van der Waals surface area (Å²) >= 11 is 7.95. The zero-order valence-corrected chi connectivity index (χ0v) is 12.2. The molecule has 2 N–H and O–H groups in total. The minimum Gasteiger partial charge on any atom is -0.314 e. The molecule has 4 heteroatoms. The van der Waals surface area contributed by atoms with Crippen LogP contribution >= 0.6 is 23.4 Å². The summed E-state index contributed by atoms with van der Waals surface area (Å²) in [6.07, 6.45) is 2.84. The summed E-state index contributed by atoms with van der Waals surface area (Å²) in [5.41, 5.74) is 6.27. The Balaban J connectivity index is 2.13. The molecular weight excluding hydrogens is 264 g/mol. The van der Waals surface area contributed by atoms with Crippen LogP contribution in [0.15, 0.2) is 24.3 Å². The Kier molecular flexibility index (Phi) is 6.56. The lowest BCUT2D eigenvalue weighted by atomic mass is 9.99. The number of hydrogen-bond acceptors (Lipinski definition) is 3. The first-order chi connectivity index (χ1) is 8.55. The first-order valence-corrected chi connectivity index (χ1v) is 7.60. The fourth-order valence-electron chi connectivity index (χ4n) is 1.55. The van der Waals surface area contributed by atoms with Crippen molar-refractivity contribution in [3.05, 3.63) is 34.9 Å². The third-order valence-electron chi connectivity index (χ3n) is 2.71. The van der Waals surface area contributed by atoms with Crippen LogP contribution in [-0.4, -0.2) is 11.3 Å². The fourth-order valence-corrected chi connectivity index (χ4v) is 2.86. The Bertz CT molecular complexity index is 413. The lowest BCUT2D eigenvalue weighted by molar-refractivity contribution is 0.519. The van der Waals surface area contributed by atoms with Gasteiger partial charge in [0.1, 0.15) is 5.54 Å². The SMILES string of the molecule is CC(N)(C#N)CCCCSCc1ccccc1Cl. The second kappa shape index (κ2) is 7.68. The molecule has 0 aromatic heterocycles. The maximum Gasteiger partial charge on any atom is 0.101 e. The van der Waals surface area contributed by atoms with Crippen LogP contribution in [0.5, 0.6) is 0 Å². The molecule has 1 atom stereocenters. The van der Waals surface area contributed by atoms with Crippen LogP contribution in [0.25, 0.3) is 0 Å². The summed E-state index contributed by atoms with van der Waals surface area (Å²) in [5, 5.41) is 9.62. The summed E-state index contributed by atoms with van der Waals surface area (Å²) < 4.78 is 0. The smallest absolute Gasteiger partial charge is 0.101 e. The maximum absolute atomic E-state index is 8.78. The molecule has 0 saturated carbocycles. The van der Waals surface area contributed by atoms with E-state index in [1.54, 1.807) is 6.92 Å². The van der Waals surface area contributed by atoms with Gasteiger partial charge in [-0.25, -0.2) is 0 Å². The van der Waals surface area contributed by atoms with E-state index < -0.39 is 5.54 Å². The molecule has 0 bridgehead atoms. The van der Waals surface area contributed by atoms with Gasteiger partial charge in [-0.3, -0.25) is 0 Å². The number of benzene rings is 1. The molecule has 0 amide bonds. The predicted molar refractivity (Wildman–Crippen MR) is 79.7 cm³/mol. The maximum atomic E-state index is 8.78. The molecule has 0 fully saturated rings. The average molecular weight is 283 g/mol. The fraction of sp³-hybridized carbons (Fsp3) is 0.500. The van der Waals surface area contributed by atoms with E-state index in [2.05, 4.69) is 12.1 Å². The third kappa shape index (κ3) is 5.77. The zero-order valence-electron chi connectivity index (χ0n) is 10.7. The first kappa shape index (κ1) is 15.4. The van der Waals surface area contributed by atoms with Crippen LogP contribution in [0, 0.1) is 11.3 Å². The minimum absolute atomic E-state index is 0.673. The average Bonchev–Trinajstić information content (AvgIpc) is 2.35. The van der Waals surface area contributed by atoms with Gasteiger partial charge in [0.05, 0.1) is 6.07 Å². The normalized spacial score (nSPS) is 13.9. The molecule has 18 heavy (non-hydrogen) atoms. The van der Waals surface area contributed by atoms with E-state index in [-0.39, 0.29) is 0 Å². The lowest BCUT2D eigenvalue weighted by Gasteiger charge is -2.14. The van der Waals surface area contributed by atoms with E-state index in [4.69, 9.17) is 22.6 Å². The van der Waals surface area contributed by atoms with E-state index in [1.807, 2.05) is 30.0 Å². The molecule has 0 aliphatic heterocycles.